The van der Waals surface area contributed by atoms with E-state index >= 15 is 0 Å². The van der Waals surface area contributed by atoms with Gasteiger partial charge in [0, 0.05) is 13.3 Å². The van der Waals surface area contributed by atoms with Gasteiger partial charge in [-0.3, -0.25) is 14.8 Å². The first-order chi connectivity index (χ1) is 9.06. The fourth-order valence-corrected chi connectivity index (χ4v) is 1.86. The smallest absolute Gasteiger partial charge is 0.335 e. The molecule has 6 nitrogen and oxygen atoms in total. The highest BCUT2D eigenvalue weighted by molar-refractivity contribution is 6.32. The zero-order valence-corrected chi connectivity index (χ0v) is 10.7. The summed E-state index contributed by atoms with van der Waals surface area (Å²) < 4.78 is 0.917. The lowest BCUT2D eigenvalue weighted by atomic mass is 10.3. The maximum Gasteiger partial charge on any atom is 0.335 e. The van der Waals surface area contributed by atoms with Crippen LogP contribution in [0.25, 0.3) is 5.69 Å². The molecule has 0 atom stereocenters. The largest absolute Gasteiger partial charge is 0.493 e. The lowest BCUT2D eigenvalue weighted by Gasteiger charge is -2.10. The van der Waals surface area contributed by atoms with E-state index < -0.39 is 17.1 Å². The van der Waals surface area contributed by atoms with Crippen LogP contribution >= 0.6 is 11.6 Å². The van der Waals surface area contributed by atoms with Crippen molar-refractivity contribution < 1.29 is 5.11 Å². The Bertz CT molecular complexity index is 762. The first-order valence-corrected chi connectivity index (χ1v) is 5.69. The molecule has 19 heavy (non-hydrogen) atoms. The number of nitrogens with one attached hydrogen (secondary N) is 1. The molecular weight excluding hydrogens is 270 g/mol. The van der Waals surface area contributed by atoms with Gasteiger partial charge in [-0.25, -0.2) is 9.36 Å². The first-order valence-electron chi connectivity index (χ1n) is 5.31. The normalized spacial score (nSPS) is 11.1. The summed E-state index contributed by atoms with van der Waals surface area (Å²) in [4.78, 5) is 29.1. The summed E-state index contributed by atoms with van der Waals surface area (Å²) in [6.45, 7) is 0. The highest BCUT2D eigenvalue weighted by Gasteiger charge is 2.15. The van der Waals surface area contributed by atoms with Crippen LogP contribution in [0.1, 0.15) is 5.56 Å². The molecule has 0 aliphatic heterocycles. The summed E-state index contributed by atoms with van der Waals surface area (Å²) in [5.41, 5.74) is -1.32. The number of rotatable bonds is 2. The number of nitrogens with zero attached hydrogens (tertiary/aromatic N) is 2. The van der Waals surface area contributed by atoms with Gasteiger partial charge in [-0.05, 0) is 12.1 Å². The van der Waals surface area contributed by atoms with E-state index in [0.717, 1.165) is 4.57 Å². The Balaban J connectivity index is 2.86. The van der Waals surface area contributed by atoms with Gasteiger partial charge in [-0.2, -0.15) is 0 Å². The highest BCUT2D eigenvalue weighted by atomic mass is 35.5. The summed E-state index contributed by atoms with van der Waals surface area (Å²) in [5, 5.41) is 10.3. The van der Waals surface area contributed by atoms with Crippen molar-refractivity contribution in [2.75, 3.05) is 7.05 Å². The zero-order valence-electron chi connectivity index (χ0n) is 9.92. The number of aliphatic imine (C=N–C) groups is 1. The van der Waals surface area contributed by atoms with E-state index in [1.54, 1.807) is 24.3 Å². The number of aromatic hydroxyl groups is 1. The lowest BCUT2D eigenvalue weighted by Crippen LogP contribution is -2.31. The Hall–Kier alpha value is -2.34. The van der Waals surface area contributed by atoms with Crippen LogP contribution in [0.2, 0.25) is 5.02 Å². The molecule has 0 fully saturated rings. The average molecular weight is 280 g/mol. The molecule has 2 aromatic rings. The Morgan fingerprint density at radius 2 is 2.05 bits per heavy atom. The SMILES string of the molecule is CN=Cc1c(O)n(-c2ccccc2Cl)c(=O)[nH]c1=O. The average Bonchev–Trinajstić information content (AvgIpc) is 2.36. The van der Waals surface area contributed by atoms with Crippen LogP contribution in [0.5, 0.6) is 5.88 Å². The molecule has 2 rings (SSSR count). The van der Waals surface area contributed by atoms with Crippen LogP contribution in [-0.2, 0) is 0 Å². The fraction of sp³-hybridized carbons (Fsp3) is 0.0833. The van der Waals surface area contributed by atoms with E-state index in [0.29, 0.717) is 0 Å². The molecule has 0 saturated carbocycles. The fourth-order valence-electron chi connectivity index (χ4n) is 1.64. The second-order valence-electron chi connectivity index (χ2n) is 3.67. The van der Waals surface area contributed by atoms with Gasteiger partial charge in [-0.15, -0.1) is 0 Å². The van der Waals surface area contributed by atoms with Gasteiger partial charge in [0.25, 0.3) is 5.56 Å². The van der Waals surface area contributed by atoms with Gasteiger partial charge in [-0.1, -0.05) is 23.7 Å². The summed E-state index contributed by atoms with van der Waals surface area (Å²) >= 11 is 5.98. The van der Waals surface area contributed by atoms with Crippen molar-refractivity contribution in [3.05, 3.63) is 55.7 Å². The number of halogens is 1. The van der Waals surface area contributed by atoms with E-state index in [1.807, 2.05) is 0 Å². The van der Waals surface area contributed by atoms with Crippen LogP contribution in [-0.4, -0.2) is 27.9 Å². The zero-order chi connectivity index (χ0) is 14.0. The second-order valence-corrected chi connectivity index (χ2v) is 4.08. The quantitative estimate of drug-likeness (QED) is 0.802. The van der Waals surface area contributed by atoms with Crippen molar-refractivity contribution in [3.8, 4) is 11.6 Å². The molecule has 7 heteroatoms. The van der Waals surface area contributed by atoms with Crippen LogP contribution in [0.3, 0.4) is 0 Å². The Kier molecular flexibility index (Phi) is 3.52. The van der Waals surface area contributed by atoms with Crippen LogP contribution in [0, 0.1) is 0 Å². The van der Waals surface area contributed by atoms with E-state index in [9.17, 15) is 14.7 Å². The topological polar surface area (TPSA) is 87.4 Å². The van der Waals surface area contributed by atoms with E-state index in [-0.39, 0.29) is 16.3 Å². The molecule has 1 aromatic heterocycles. The minimum atomic E-state index is -0.774. The summed E-state index contributed by atoms with van der Waals surface area (Å²) in [6, 6.07) is 6.47. The molecule has 0 aliphatic rings. The van der Waals surface area contributed by atoms with Gasteiger partial charge in [0.1, 0.15) is 5.56 Å². The van der Waals surface area contributed by atoms with Crippen molar-refractivity contribution in [2.24, 2.45) is 4.99 Å². The van der Waals surface area contributed by atoms with Gasteiger partial charge < -0.3 is 5.11 Å². The predicted molar refractivity (Wildman–Crippen MR) is 72.9 cm³/mol. The Morgan fingerprint density at radius 3 is 2.68 bits per heavy atom. The number of H-pyrrole nitrogens is 1. The van der Waals surface area contributed by atoms with Crippen LogP contribution in [0.4, 0.5) is 0 Å². The lowest BCUT2D eigenvalue weighted by molar-refractivity contribution is 0.430. The van der Waals surface area contributed by atoms with Crippen molar-refractivity contribution in [2.45, 2.75) is 0 Å². The van der Waals surface area contributed by atoms with E-state index in [1.165, 1.54) is 13.3 Å². The molecule has 1 heterocycles. The molecule has 0 bridgehead atoms. The van der Waals surface area contributed by atoms with Gasteiger partial charge in [0.15, 0.2) is 0 Å². The summed E-state index contributed by atoms with van der Waals surface area (Å²) in [6.07, 6.45) is 1.17. The molecule has 98 valence electrons. The van der Waals surface area contributed by atoms with Crippen LogP contribution < -0.4 is 11.2 Å². The maximum atomic E-state index is 11.8. The molecule has 2 N–H and O–H groups in total. The number of hydrogen-bond donors (Lipinski definition) is 2. The number of benzene rings is 1. The molecule has 0 spiro atoms. The molecule has 1 aromatic carbocycles. The minimum Gasteiger partial charge on any atom is -0.493 e. The number of hydrogen-bond acceptors (Lipinski definition) is 4. The Labute approximate surface area is 112 Å². The monoisotopic (exact) mass is 279 g/mol. The summed E-state index contributed by atoms with van der Waals surface area (Å²) in [5.74, 6) is -0.507. The van der Waals surface area contributed by atoms with Crippen molar-refractivity contribution in [1.82, 2.24) is 9.55 Å². The maximum absolute atomic E-state index is 11.8. The minimum absolute atomic E-state index is 0.109. The first kappa shape index (κ1) is 13.1. The number of para-hydroxylation sites is 1. The number of aromatic nitrogens is 2. The third-order valence-electron chi connectivity index (χ3n) is 2.47. The molecular formula is C12H10ClN3O3. The van der Waals surface area contributed by atoms with Crippen LogP contribution in [0.15, 0.2) is 38.8 Å². The molecule has 0 saturated heterocycles. The van der Waals surface area contributed by atoms with Gasteiger partial charge >= 0.3 is 5.69 Å². The third kappa shape index (κ3) is 2.30. The molecule has 0 aliphatic carbocycles. The molecule has 0 amide bonds. The van der Waals surface area contributed by atoms with E-state index in [2.05, 4.69) is 9.98 Å². The summed E-state index contributed by atoms with van der Waals surface area (Å²) in [7, 11) is 1.45. The molecule has 0 radical (unpaired) electrons. The number of aromatic amines is 1. The predicted octanol–water partition coefficient (Wildman–Crippen LogP) is 0.933. The van der Waals surface area contributed by atoms with Crippen molar-refractivity contribution >= 4 is 17.8 Å². The van der Waals surface area contributed by atoms with Crippen molar-refractivity contribution in [3.63, 3.8) is 0 Å². The van der Waals surface area contributed by atoms with Gasteiger partial charge in [0.2, 0.25) is 5.88 Å². The second kappa shape index (κ2) is 5.11. The highest BCUT2D eigenvalue weighted by Crippen LogP contribution is 2.22. The van der Waals surface area contributed by atoms with Crippen molar-refractivity contribution in [1.29, 1.82) is 0 Å². The standard InChI is InChI=1S/C12H10ClN3O3/c1-14-6-7-10(17)15-12(19)16(11(7)18)9-5-3-2-4-8(9)13/h2-6,18H,1H3,(H,15,17,19). The Morgan fingerprint density at radius 1 is 1.37 bits per heavy atom. The van der Waals surface area contributed by atoms with Gasteiger partial charge in [0.05, 0.1) is 10.7 Å². The third-order valence-corrected chi connectivity index (χ3v) is 2.79. The molecule has 0 unspecified atom stereocenters. The van der Waals surface area contributed by atoms with E-state index in [4.69, 9.17) is 11.6 Å².